The molecular formula is C18H10BBr. The minimum atomic E-state index is 0.834. The SMILES string of the molecule is [B]c1cc2c3ccccc3c(Br)cc2c2ccccc12. The molecule has 0 nitrogen and oxygen atoms in total. The summed E-state index contributed by atoms with van der Waals surface area (Å²) in [6.07, 6.45) is 0. The lowest BCUT2D eigenvalue weighted by Crippen LogP contribution is -2.03. The van der Waals surface area contributed by atoms with Crippen LogP contribution in [0.1, 0.15) is 0 Å². The van der Waals surface area contributed by atoms with Crippen LogP contribution >= 0.6 is 15.9 Å². The van der Waals surface area contributed by atoms with Crippen molar-refractivity contribution in [3.63, 3.8) is 0 Å². The summed E-state index contributed by atoms with van der Waals surface area (Å²) in [4.78, 5) is 0. The van der Waals surface area contributed by atoms with Crippen LogP contribution in [0, 0.1) is 0 Å². The van der Waals surface area contributed by atoms with Gasteiger partial charge >= 0.3 is 0 Å². The highest BCUT2D eigenvalue weighted by atomic mass is 79.9. The molecular weight excluding hydrogens is 307 g/mol. The predicted molar refractivity (Wildman–Crippen MR) is 92.0 cm³/mol. The van der Waals surface area contributed by atoms with Crippen LogP contribution in [0.3, 0.4) is 0 Å². The second kappa shape index (κ2) is 4.36. The second-order valence-electron chi connectivity index (χ2n) is 5.01. The van der Waals surface area contributed by atoms with Crippen molar-refractivity contribution in [3.8, 4) is 0 Å². The Morgan fingerprint density at radius 3 is 1.80 bits per heavy atom. The summed E-state index contributed by atoms with van der Waals surface area (Å²) < 4.78 is 1.12. The summed E-state index contributed by atoms with van der Waals surface area (Å²) >= 11 is 3.69. The fraction of sp³-hybridized carbons (Fsp3) is 0. The highest BCUT2D eigenvalue weighted by Crippen LogP contribution is 2.34. The molecule has 0 atom stereocenters. The molecule has 92 valence electrons. The standard InChI is InChI=1S/C18H10BBr/c19-17-9-15-12-6-2-4-8-14(12)18(20)10-16(15)11-5-1-3-7-13(11)17/h1-10H. The van der Waals surface area contributed by atoms with Crippen LogP contribution in [0.4, 0.5) is 0 Å². The first-order valence-corrected chi connectivity index (χ1v) is 7.33. The lowest BCUT2D eigenvalue weighted by atomic mass is 9.85. The maximum Gasteiger partial charge on any atom is 0.114 e. The van der Waals surface area contributed by atoms with E-state index in [1.807, 2.05) is 6.07 Å². The molecule has 2 heteroatoms. The largest absolute Gasteiger partial charge is 0.114 e. The Kier molecular flexibility index (Phi) is 2.61. The van der Waals surface area contributed by atoms with Gasteiger partial charge < -0.3 is 0 Å². The molecule has 20 heavy (non-hydrogen) atoms. The van der Waals surface area contributed by atoms with Gasteiger partial charge in [-0.15, -0.1) is 0 Å². The molecule has 0 heterocycles. The molecule has 0 aliphatic heterocycles. The molecule has 0 aromatic heterocycles. The van der Waals surface area contributed by atoms with E-state index >= 15 is 0 Å². The van der Waals surface area contributed by atoms with Crippen LogP contribution in [0.15, 0.2) is 65.1 Å². The number of hydrogen-bond acceptors (Lipinski definition) is 0. The number of halogens is 1. The maximum atomic E-state index is 6.24. The molecule has 0 bridgehead atoms. The van der Waals surface area contributed by atoms with E-state index < -0.39 is 0 Å². The summed E-state index contributed by atoms with van der Waals surface area (Å²) in [5, 5.41) is 7.21. The van der Waals surface area contributed by atoms with Gasteiger partial charge in [-0.3, -0.25) is 0 Å². The zero-order chi connectivity index (χ0) is 13.7. The molecule has 0 saturated heterocycles. The third-order valence-electron chi connectivity index (χ3n) is 3.86. The molecule has 0 unspecified atom stereocenters. The Balaban J connectivity index is 2.36. The lowest BCUT2D eigenvalue weighted by Gasteiger charge is -2.11. The molecule has 0 saturated carbocycles. The van der Waals surface area contributed by atoms with E-state index in [9.17, 15) is 0 Å². The molecule has 4 aromatic carbocycles. The van der Waals surface area contributed by atoms with Gasteiger partial charge in [0.25, 0.3) is 0 Å². The predicted octanol–water partition coefficient (Wildman–Crippen LogP) is 4.70. The van der Waals surface area contributed by atoms with Crippen molar-refractivity contribution in [1.29, 1.82) is 0 Å². The first-order chi connectivity index (χ1) is 9.75. The van der Waals surface area contributed by atoms with Gasteiger partial charge in [0.05, 0.1) is 0 Å². The molecule has 0 N–H and O–H groups in total. The number of fused-ring (bicyclic) bond motifs is 5. The van der Waals surface area contributed by atoms with E-state index in [-0.39, 0.29) is 0 Å². The minimum Gasteiger partial charge on any atom is -0.0883 e. The third kappa shape index (κ3) is 1.61. The number of rotatable bonds is 0. The monoisotopic (exact) mass is 316 g/mol. The topological polar surface area (TPSA) is 0 Å². The maximum absolute atomic E-state index is 6.24. The first kappa shape index (κ1) is 12.0. The van der Waals surface area contributed by atoms with Gasteiger partial charge in [0, 0.05) is 4.47 Å². The van der Waals surface area contributed by atoms with Gasteiger partial charge in [0.15, 0.2) is 0 Å². The van der Waals surface area contributed by atoms with Crippen LogP contribution in [-0.2, 0) is 0 Å². The minimum absolute atomic E-state index is 0.834. The van der Waals surface area contributed by atoms with Crippen molar-refractivity contribution in [2.45, 2.75) is 0 Å². The molecule has 0 aliphatic carbocycles. The quantitative estimate of drug-likeness (QED) is 0.326. The normalized spacial score (nSPS) is 11.4. The molecule has 4 aromatic rings. The summed E-state index contributed by atoms with van der Waals surface area (Å²) in [5.74, 6) is 0. The Labute approximate surface area is 126 Å². The van der Waals surface area contributed by atoms with E-state index in [0.717, 1.165) is 15.3 Å². The molecule has 0 amide bonds. The van der Waals surface area contributed by atoms with Crippen LogP contribution in [0.5, 0.6) is 0 Å². The Hall–Kier alpha value is -1.80. The first-order valence-electron chi connectivity index (χ1n) is 6.54. The molecule has 4 rings (SSSR count). The Morgan fingerprint density at radius 2 is 1.10 bits per heavy atom. The molecule has 0 spiro atoms. The summed E-state index contributed by atoms with van der Waals surface area (Å²) in [6.45, 7) is 0. The van der Waals surface area contributed by atoms with Crippen molar-refractivity contribution >= 4 is 61.6 Å². The van der Waals surface area contributed by atoms with E-state index in [1.165, 1.54) is 26.9 Å². The van der Waals surface area contributed by atoms with Gasteiger partial charge in [0.1, 0.15) is 7.85 Å². The van der Waals surface area contributed by atoms with Gasteiger partial charge in [-0.2, -0.15) is 0 Å². The van der Waals surface area contributed by atoms with Crippen molar-refractivity contribution in [3.05, 3.63) is 65.1 Å². The smallest absolute Gasteiger partial charge is 0.0883 e. The van der Waals surface area contributed by atoms with Crippen molar-refractivity contribution in [2.24, 2.45) is 0 Å². The summed E-state index contributed by atoms with van der Waals surface area (Å²) in [6, 6.07) is 21.0. The summed E-state index contributed by atoms with van der Waals surface area (Å²) in [5.41, 5.74) is 0.834. The van der Waals surface area contributed by atoms with Crippen LogP contribution in [0.2, 0.25) is 0 Å². The Bertz CT molecular complexity index is 892. The Morgan fingerprint density at radius 1 is 0.600 bits per heavy atom. The highest BCUT2D eigenvalue weighted by Gasteiger charge is 2.08. The fourth-order valence-electron chi connectivity index (χ4n) is 2.93. The van der Waals surface area contributed by atoms with Gasteiger partial charge in [-0.25, -0.2) is 0 Å². The highest BCUT2D eigenvalue weighted by molar-refractivity contribution is 9.10. The van der Waals surface area contributed by atoms with E-state index in [2.05, 4.69) is 70.5 Å². The van der Waals surface area contributed by atoms with Crippen LogP contribution in [-0.4, -0.2) is 7.85 Å². The van der Waals surface area contributed by atoms with E-state index in [1.54, 1.807) is 0 Å². The average molecular weight is 317 g/mol. The zero-order valence-corrected chi connectivity index (χ0v) is 12.3. The number of hydrogen-bond donors (Lipinski definition) is 0. The zero-order valence-electron chi connectivity index (χ0n) is 10.7. The molecule has 0 fully saturated rings. The summed E-state index contributed by atoms with van der Waals surface area (Å²) in [7, 11) is 6.24. The van der Waals surface area contributed by atoms with Crippen molar-refractivity contribution < 1.29 is 0 Å². The van der Waals surface area contributed by atoms with Gasteiger partial charge in [-0.05, 0) is 38.4 Å². The molecule has 2 radical (unpaired) electrons. The van der Waals surface area contributed by atoms with Crippen LogP contribution in [0.25, 0.3) is 32.3 Å². The van der Waals surface area contributed by atoms with E-state index in [4.69, 9.17) is 7.85 Å². The third-order valence-corrected chi connectivity index (χ3v) is 4.52. The van der Waals surface area contributed by atoms with Crippen LogP contribution < -0.4 is 5.46 Å². The fourth-order valence-corrected chi connectivity index (χ4v) is 3.51. The van der Waals surface area contributed by atoms with Crippen molar-refractivity contribution in [2.75, 3.05) is 0 Å². The van der Waals surface area contributed by atoms with Gasteiger partial charge in [0.2, 0.25) is 0 Å². The molecule has 0 aliphatic rings. The average Bonchev–Trinajstić information content (AvgIpc) is 2.49. The lowest BCUT2D eigenvalue weighted by molar-refractivity contribution is 1.76. The van der Waals surface area contributed by atoms with Gasteiger partial charge in [-0.1, -0.05) is 76.0 Å². The van der Waals surface area contributed by atoms with Crippen molar-refractivity contribution in [1.82, 2.24) is 0 Å². The second-order valence-corrected chi connectivity index (χ2v) is 5.86. The number of benzene rings is 4. The van der Waals surface area contributed by atoms with E-state index in [0.29, 0.717) is 0 Å².